The number of aryl methyl sites for hydroxylation is 1. The molecule has 0 saturated heterocycles. The number of pyridine rings is 2. The minimum atomic E-state index is -4.30. The molecular weight excluding hydrogens is 506 g/mol. The van der Waals surface area contributed by atoms with E-state index in [9.17, 15) is 18.3 Å². The van der Waals surface area contributed by atoms with Gasteiger partial charge in [-0.15, -0.1) is 0 Å². The van der Waals surface area contributed by atoms with E-state index in [0.29, 0.717) is 22.6 Å². The Balaban J connectivity index is 1.86. The molecule has 0 atom stereocenters. The predicted molar refractivity (Wildman–Crippen MR) is 142 cm³/mol. The minimum absolute atomic E-state index is 0.0349. The van der Waals surface area contributed by atoms with E-state index in [1.54, 1.807) is 18.3 Å². The topological polar surface area (TPSA) is 138 Å². The Morgan fingerprint density at radius 2 is 1.79 bits per heavy atom. The fourth-order valence-electron chi connectivity index (χ4n) is 4.28. The minimum Gasteiger partial charge on any atom is -0.497 e. The monoisotopic (exact) mass is 529 g/mol. The van der Waals surface area contributed by atoms with E-state index >= 15 is 0 Å². The average Bonchev–Trinajstić information content (AvgIpc) is 3.35. The van der Waals surface area contributed by atoms with Crippen molar-refractivity contribution in [2.45, 2.75) is 18.4 Å². The molecule has 11 heteroatoms. The summed E-state index contributed by atoms with van der Waals surface area (Å²) in [5.74, 6) is -0.828. The summed E-state index contributed by atoms with van der Waals surface area (Å²) in [6.45, 7) is 1.35. The van der Waals surface area contributed by atoms with Crippen LogP contribution >= 0.6 is 0 Å². The highest BCUT2D eigenvalue weighted by molar-refractivity contribution is 7.92. The lowest BCUT2D eigenvalue weighted by molar-refractivity contribution is 0.0696. The van der Waals surface area contributed by atoms with Gasteiger partial charge in [0.15, 0.2) is 5.65 Å². The molecular formula is C27H23N5O5S. The number of carbonyl (C=O) groups is 1. The van der Waals surface area contributed by atoms with E-state index in [2.05, 4.69) is 20.2 Å². The highest BCUT2D eigenvalue weighted by atomic mass is 32.2. The van der Waals surface area contributed by atoms with Crippen molar-refractivity contribution in [3.63, 3.8) is 0 Å². The van der Waals surface area contributed by atoms with Crippen LogP contribution in [0.5, 0.6) is 5.75 Å². The summed E-state index contributed by atoms with van der Waals surface area (Å²) in [5.41, 5.74) is 1.75. The van der Waals surface area contributed by atoms with Gasteiger partial charge >= 0.3 is 5.97 Å². The molecule has 0 spiro atoms. The third-order valence-corrected chi connectivity index (χ3v) is 7.83. The summed E-state index contributed by atoms with van der Waals surface area (Å²) < 4.78 is 34.8. The number of fused-ring (bicyclic) bond motifs is 1. The summed E-state index contributed by atoms with van der Waals surface area (Å²) in [5, 5.41) is 17.8. The number of aromatic nitrogens is 4. The molecule has 0 aliphatic rings. The van der Waals surface area contributed by atoms with Gasteiger partial charge in [-0.2, -0.15) is 5.10 Å². The number of benzene rings is 2. The van der Waals surface area contributed by atoms with Gasteiger partial charge in [0.2, 0.25) is 0 Å². The Labute approximate surface area is 218 Å². The molecule has 0 fully saturated rings. The molecule has 0 aliphatic carbocycles. The second-order valence-corrected chi connectivity index (χ2v) is 10.3. The van der Waals surface area contributed by atoms with Crippen molar-refractivity contribution < 1.29 is 23.1 Å². The van der Waals surface area contributed by atoms with Crippen molar-refractivity contribution in [3.05, 3.63) is 95.9 Å². The van der Waals surface area contributed by atoms with Crippen LogP contribution in [0.1, 0.15) is 21.6 Å². The SMILES string of the molecule is COc1ccc(S(=O)(=O)N(Cc2cccnc2)c2c(C(=O)O)c(C)nc3[nH]nc(-c4ccccc4)c23)cc1. The number of carboxylic acids is 1. The first-order chi connectivity index (χ1) is 18.3. The third kappa shape index (κ3) is 4.43. The number of methoxy groups -OCH3 is 1. The van der Waals surface area contributed by atoms with Gasteiger partial charge < -0.3 is 9.84 Å². The lowest BCUT2D eigenvalue weighted by atomic mass is 10.0. The van der Waals surface area contributed by atoms with Crippen LogP contribution in [-0.2, 0) is 16.6 Å². The van der Waals surface area contributed by atoms with Gasteiger partial charge in [0, 0.05) is 18.0 Å². The number of H-pyrrole nitrogens is 1. The van der Waals surface area contributed by atoms with Crippen LogP contribution < -0.4 is 9.04 Å². The Kier molecular flexibility index (Phi) is 6.52. The normalized spacial score (nSPS) is 11.4. The van der Waals surface area contributed by atoms with Crippen molar-refractivity contribution in [2.24, 2.45) is 0 Å². The average molecular weight is 530 g/mol. The Morgan fingerprint density at radius 3 is 2.42 bits per heavy atom. The van der Waals surface area contributed by atoms with E-state index in [4.69, 9.17) is 4.74 Å². The second-order valence-electron chi connectivity index (χ2n) is 8.44. The highest BCUT2D eigenvalue weighted by Crippen LogP contribution is 2.40. The lowest BCUT2D eigenvalue weighted by Gasteiger charge is -2.27. The summed E-state index contributed by atoms with van der Waals surface area (Å²) in [6, 6.07) is 18.4. The first-order valence-electron chi connectivity index (χ1n) is 11.5. The number of hydrogen-bond donors (Lipinski definition) is 2. The Morgan fingerprint density at radius 1 is 1.05 bits per heavy atom. The van der Waals surface area contributed by atoms with Crippen molar-refractivity contribution >= 4 is 32.7 Å². The van der Waals surface area contributed by atoms with Gasteiger partial charge in [-0.3, -0.25) is 14.4 Å². The van der Waals surface area contributed by atoms with Crippen molar-refractivity contribution in [2.75, 3.05) is 11.4 Å². The van der Waals surface area contributed by atoms with Crippen LogP contribution in [-0.4, -0.2) is 46.8 Å². The number of anilines is 1. The first-order valence-corrected chi connectivity index (χ1v) is 13.0. The van der Waals surface area contributed by atoms with Crippen molar-refractivity contribution in [1.29, 1.82) is 0 Å². The van der Waals surface area contributed by atoms with E-state index in [-0.39, 0.29) is 39.4 Å². The molecule has 5 rings (SSSR count). The van der Waals surface area contributed by atoms with Crippen molar-refractivity contribution in [3.8, 4) is 17.0 Å². The van der Waals surface area contributed by atoms with Crippen LogP contribution in [0.3, 0.4) is 0 Å². The molecule has 0 unspecified atom stereocenters. The fraction of sp³-hybridized carbons (Fsp3) is 0.111. The largest absolute Gasteiger partial charge is 0.497 e. The molecule has 3 heterocycles. The molecule has 0 radical (unpaired) electrons. The number of nitrogens with one attached hydrogen (secondary N) is 1. The maximum atomic E-state index is 14.3. The number of ether oxygens (including phenoxy) is 1. The zero-order valence-electron chi connectivity index (χ0n) is 20.5. The van der Waals surface area contributed by atoms with Gasteiger partial charge in [0.1, 0.15) is 17.0 Å². The summed E-state index contributed by atoms with van der Waals surface area (Å²) in [7, 11) is -2.82. The smallest absolute Gasteiger partial charge is 0.339 e. The Hall–Kier alpha value is -4.77. The van der Waals surface area contributed by atoms with Crippen LogP contribution in [0.15, 0.2) is 84.0 Å². The second kappa shape index (κ2) is 9.94. The summed E-state index contributed by atoms with van der Waals surface area (Å²) >= 11 is 0. The van der Waals surface area contributed by atoms with E-state index < -0.39 is 16.0 Å². The molecule has 0 saturated carbocycles. The molecule has 2 N–H and O–H groups in total. The number of nitrogens with zero attached hydrogens (tertiary/aromatic N) is 4. The predicted octanol–water partition coefficient (Wildman–Crippen LogP) is 4.43. The quantitative estimate of drug-likeness (QED) is 0.301. The number of hydrogen-bond acceptors (Lipinski definition) is 7. The zero-order chi connectivity index (χ0) is 26.9. The molecule has 192 valence electrons. The Bertz CT molecular complexity index is 1720. The van der Waals surface area contributed by atoms with E-state index in [0.717, 1.165) is 4.31 Å². The fourth-order valence-corrected chi connectivity index (χ4v) is 5.76. The van der Waals surface area contributed by atoms with Crippen LogP contribution in [0.4, 0.5) is 5.69 Å². The number of sulfonamides is 1. The molecule has 0 bridgehead atoms. The maximum Gasteiger partial charge on any atom is 0.339 e. The van der Waals surface area contributed by atoms with Gasteiger partial charge in [-0.25, -0.2) is 18.2 Å². The molecule has 3 aromatic heterocycles. The van der Waals surface area contributed by atoms with Gasteiger partial charge in [-0.05, 0) is 42.8 Å². The molecule has 38 heavy (non-hydrogen) atoms. The molecule has 10 nitrogen and oxygen atoms in total. The number of aromatic carboxylic acids is 1. The molecule has 0 aliphatic heterocycles. The van der Waals surface area contributed by atoms with Crippen molar-refractivity contribution in [1.82, 2.24) is 20.2 Å². The number of carboxylic acid groups (broad SMARTS) is 1. The van der Waals surface area contributed by atoms with Crippen LogP contribution in [0, 0.1) is 6.92 Å². The van der Waals surface area contributed by atoms with Gasteiger partial charge in [0.05, 0.1) is 35.3 Å². The summed E-state index contributed by atoms with van der Waals surface area (Å²) in [6.07, 6.45) is 3.11. The molecule has 5 aromatic rings. The van der Waals surface area contributed by atoms with Gasteiger partial charge in [-0.1, -0.05) is 36.4 Å². The molecule has 2 aromatic carbocycles. The van der Waals surface area contributed by atoms with Gasteiger partial charge in [0.25, 0.3) is 10.0 Å². The van der Waals surface area contributed by atoms with Crippen LogP contribution in [0.25, 0.3) is 22.3 Å². The van der Waals surface area contributed by atoms with Crippen LogP contribution in [0.2, 0.25) is 0 Å². The first kappa shape index (κ1) is 24.9. The number of aromatic amines is 1. The molecule has 0 amide bonds. The lowest BCUT2D eigenvalue weighted by Crippen LogP contribution is -2.32. The van der Waals surface area contributed by atoms with E-state index in [1.807, 2.05) is 30.3 Å². The third-order valence-electron chi connectivity index (χ3n) is 6.07. The van der Waals surface area contributed by atoms with E-state index in [1.165, 1.54) is 44.5 Å². The summed E-state index contributed by atoms with van der Waals surface area (Å²) in [4.78, 5) is 21.1. The number of rotatable bonds is 8. The maximum absolute atomic E-state index is 14.3. The zero-order valence-corrected chi connectivity index (χ0v) is 21.3. The standard InChI is InChI=1S/C27H23N5O5S/c1-17-22(27(33)34)25(23-24(30-31-26(23)29-17)19-8-4-3-5-9-19)32(16-18-7-6-14-28-15-18)38(35,36)21-12-10-20(37-2)11-13-21/h3-15H,16H2,1-2H3,(H,33,34)(H,29,30,31). The highest BCUT2D eigenvalue weighted by Gasteiger charge is 2.34.